The summed E-state index contributed by atoms with van der Waals surface area (Å²) in [5, 5.41) is -0.412. The number of ketones is 1. The van der Waals surface area contributed by atoms with Crippen molar-refractivity contribution in [1.29, 1.82) is 0 Å². The highest BCUT2D eigenvalue weighted by molar-refractivity contribution is 7.91. The molecule has 2 atom stereocenters. The fourth-order valence-electron chi connectivity index (χ4n) is 3.01. The second kappa shape index (κ2) is 8.02. The topological polar surface area (TPSA) is 51.2 Å². The number of hydrogen-bond acceptors (Lipinski definition) is 3. The number of halogens is 1. The zero-order valence-corrected chi connectivity index (χ0v) is 15.7. The third-order valence-electron chi connectivity index (χ3n) is 4.47. The Labute approximate surface area is 158 Å². The smallest absolute Gasteiger partial charge is 0.185 e. The first-order chi connectivity index (χ1) is 12.5. The van der Waals surface area contributed by atoms with E-state index >= 15 is 0 Å². The molecule has 134 valence electrons. The first-order valence-corrected chi connectivity index (χ1v) is 10.3. The second-order valence-corrected chi connectivity index (χ2v) is 8.79. The number of Topliss-reactive ketones (excluding diaryl/α,β-unsaturated/α-hetero) is 1. The van der Waals surface area contributed by atoms with Crippen molar-refractivity contribution in [3.8, 4) is 0 Å². The Morgan fingerprint density at radius 2 is 1.73 bits per heavy atom. The molecule has 2 aromatic rings. The summed E-state index contributed by atoms with van der Waals surface area (Å²) >= 11 is 5.94. The maximum absolute atomic E-state index is 13.2. The van der Waals surface area contributed by atoms with Gasteiger partial charge in [-0.3, -0.25) is 4.79 Å². The Balaban J connectivity index is 1.97. The molecule has 0 N–H and O–H groups in total. The second-order valence-electron chi connectivity index (χ2n) is 6.22. The standard InChI is InChI=1S/C21H19ClO3S/c22-18-13-11-17(12-14-18)21(15-20(23)16-7-3-1-4-8-16)26(24,25)19-9-5-2-6-10-19/h1-7,9-14,16,21H,8,15H2. The molecule has 3 nitrogen and oxygen atoms in total. The van der Waals surface area contributed by atoms with Gasteiger partial charge in [-0.05, 0) is 36.2 Å². The minimum atomic E-state index is -3.71. The molecule has 0 saturated heterocycles. The van der Waals surface area contributed by atoms with Crippen LogP contribution in [0.1, 0.15) is 23.7 Å². The monoisotopic (exact) mass is 386 g/mol. The van der Waals surface area contributed by atoms with Crippen molar-refractivity contribution in [2.24, 2.45) is 5.92 Å². The van der Waals surface area contributed by atoms with Crippen LogP contribution in [-0.4, -0.2) is 14.2 Å². The third kappa shape index (κ3) is 4.14. The molecule has 1 aliphatic carbocycles. The van der Waals surface area contributed by atoms with E-state index in [0.29, 0.717) is 17.0 Å². The summed E-state index contributed by atoms with van der Waals surface area (Å²) in [6.07, 6.45) is 8.01. The molecule has 26 heavy (non-hydrogen) atoms. The number of carbonyl (C=O) groups is 1. The lowest BCUT2D eigenvalue weighted by Gasteiger charge is -2.20. The number of allylic oxidation sites excluding steroid dienone is 4. The molecule has 0 saturated carbocycles. The highest BCUT2D eigenvalue weighted by Gasteiger charge is 2.32. The van der Waals surface area contributed by atoms with E-state index in [9.17, 15) is 13.2 Å². The summed E-state index contributed by atoms with van der Waals surface area (Å²) in [6.45, 7) is 0. The van der Waals surface area contributed by atoms with Crippen LogP contribution in [0, 0.1) is 5.92 Å². The summed E-state index contributed by atoms with van der Waals surface area (Å²) in [6, 6.07) is 14.9. The van der Waals surface area contributed by atoms with E-state index in [4.69, 9.17) is 11.6 Å². The summed E-state index contributed by atoms with van der Waals surface area (Å²) in [7, 11) is -3.71. The predicted molar refractivity (Wildman–Crippen MR) is 104 cm³/mol. The molecule has 5 heteroatoms. The fraction of sp³-hybridized carbons (Fsp3) is 0.190. The zero-order chi connectivity index (χ0) is 18.6. The maximum Gasteiger partial charge on any atom is 0.185 e. The van der Waals surface area contributed by atoms with Crippen molar-refractivity contribution in [3.63, 3.8) is 0 Å². The highest BCUT2D eigenvalue weighted by Crippen LogP contribution is 2.34. The molecule has 2 aromatic carbocycles. The molecule has 3 rings (SSSR count). The maximum atomic E-state index is 13.2. The highest BCUT2D eigenvalue weighted by atomic mass is 35.5. The molecular formula is C21H19ClO3S. The largest absolute Gasteiger partial charge is 0.299 e. The van der Waals surface area contributed by atoms with Crippen LogP contribution in [0.5, 0.6) is 0 Å². The van der Waals surface area contributed by atoms with Gasteiger partial charge in [0.1, 0.15) is 5.78 Å². The van der Waals surface area contributed by atoms with Crippen molar-refractivity contribution >= 4 is 27.2 Å². The van der Waals surface area contributed by atoms with E-state index in [1.54, 1.807) is 54.6 Å². The van der Waals surface area contributed by atoms with Crippen molar-refractivity contribution in [1.82, 2.24) is 0 Å². The Kier molecular flexibility index (Phi) is 5.74. The van der Waals surface area contributed by atoms with Crippen molar-refractivity contribution in [2.75, 3.05) is 0 Å². The number of hydrogen-bond donors (Lipinski definition) is 0. The average molecular weight is 387 g/mol. The van der Waals surface area contributed by atoms with Crippen molar-refractivity contribution < 1.29 is 13.2 Å². The molecule has 0 heterocycles. The Hall–Kier alpha value is -2.17. The minimum Gasteiger partial charge on any atom is -0.299 e. The van der Waals surface area contributed by atoms with Gasteiger partial charge < -0.3 is 0 Å². The van der Waals surface area contributed by atoms with Crippen LogP contribution in [0.3, 0.4) is 0 Å². The first-order valence-electron chi connectivity index (χ1n) is 8.39. The van der Waals surface area contributed by atoms with Crippen molar-refractivity contribution in [3.05, 3.63) is 89.5 Å². The van der Waals surface area contributed by atoms with Gasteiger partial charge in [0.15, 0.2) is 9.84 Å². The molecular weight excluding hydrogens is 368 g/mol. The van der Waals surface area contributed by atoms with Gasteiger partial charge in [0.2, 0.25) is 0 Å². The predicted octanol–water partition coefficient (Wildman–Crippen LogP) is 4.95. The molecule has 2 unspecified atom stereocenters. The summed E-state index contributed by atoms with van der Waals surface area (Å²) in [4.78, 5) is 13.0. The number of rotatable bonds is 6. The third-order valence-corrected chi connectivity index (χ3v) is 6.84. The molecule has 0 amide bonds. The van der Waals surface area contributed by atoms with Gasteiger partial charge in [-0.25, -0.2) is 8.42 Å². The van der Waals surface area contributed by atoms with Crippen LogP contribution in [0.2, 0.25) is 5.02 Å². The molecule has 0 bridgehead atoms. The molecule has 0 spiro atoms. The van der Waals surface area contributed by atoms with E-state index < -0.39 is 15.1 Å². The van der Waals surface area contributed by atoms with Gasteiger partial charge in [-0.15, -0.1) is 0 Å². The van der Waals surface area contributed by atoms with E-state index in [-0.39, 0.29) is 23.0 Å². The van der Waals surface area contributed by atoms with Crippen LogP contribution in [0.15, 0.2) is 83.8 Å². The van der Waals surface area contributed by atoms with Crippen molar-refractivity contribution in [2.45, 2.75) is 23.0 Å². The first kappa shape index (κ1) is 18.6. The Morgan fingerprint density at radius 3 is 2.35 bits per heavy atom. The zero-order valence-electron chi connectivity index (χ0n) is 14.1. The molecule has 0 radical (unpaired) electrons. The van der Waals surface area contributed by atoms with Gasteiger partial charge in [0.25, 0.3) is 0 Å². The number of carbonyl (C=O) groups excluding carboxylic acids is 1. The molecule has 0 aromatic heterocycles. The number of sulfone groups is 1. The molecule has 0 aliphatic heterocycles. The van der Waals surface area contributed by atoms with E-state index in [0.717, 1.165) is 0 Å². The molecule has 0 fully saturated rings. The summed E-state index contributed by atoms with van der Waals surface area (Å²) < 4.78 is 26.4. The van der Waals surface area contributed by atoms with E-state index in [1.807, 2.05) is 24.3 Å². The van der Waals surface area contributed by atoms with Crippen LogP contribution in [0.25, 0.3) is 0 Å². The average Bonchev–Trinajstić information content (AvgIpc) is 2.68. The van der Waals surface area contributed by atoms with Crippen LogP contribution in [0.4, 0.5) is 0 Å². The Bertz CT molecular complexity index is 929. The normalized spacial score (nSPS) is 17.8. The van der Waals surface area contributed by atoms with Gasteiger partial charge >= 0.3 is 0 Å². The van der Waals surface area contributed by atoms with Gasteiger partial charge in [0, 0.05) is 17.4 Å². The SMILES string of the molecule is O=C(CC(c1ccc(Cl)cc1)S(=O)(=O)c1ccccc1)C1C=CC=CC1. The lowest BCUT2D eigenvalue weighted by Crippen LogP contribution is -2.22. The lowest BCUT2D eigenvalue weighted by molar-refractivity contribution is -0.121. The van der Waals surface area contributed by atoms with Crippen LogP contribution in [-0.2, 0) is 14.6 Å². The summed E-state index contributed by atoms with van der Waals surface area (Å²) in [5.41, 5.74) is 0.571. The fourth-order valence-corrected chi connectivity index (χ4v) is 4.90. The van der Waals surface area contributed by atoms with E-state index in [1.165, 1.54) is 0 Å². The quantitative estimate of drug-likeness (QED) is 0.706. The molecule has 1 aliphatic rings. The Morgan fingerprint density at radius 1 is 1.04 bits per heavy atom. The van der Waals surface area contributed by atoms with E-state index in [2.05, 4.69) is 0 Å². The van der Waals surface area contributed by atoms with Crippen LogP contribution >= 0.6 is 11.6 Å². The lowest BCUT2D eigenvalue weighted by atomic mass is 9.92. The summed E-state index contributed by atoms with van der Waals surface area (Å²) in [5.74, 6) is -0.356. The number of benzene rings is 2. The van der Waals surface area contributed by atoms with Gasteiger partial charge in [-0.2, -0.15) is 0 Å². The minimum absolute atomic E-state index is 0.0678. The van der Waals surface area contributed by atoms with Crippen LogP contribution < -0.4 is 0 Å². The van der Waals surface area contributed by atoms with Gasteiger partial charge in [0.05, 0.1) is 10.1 Å². The van der Waals surface area contributed by atoms with Gasteiger partial charge in [-0.1, -0.05) is 66.2 Å².